The molecule has 2 amide bonds. The number of nitrogens with zero attached hydrogens (tertiary/aromatic N) is 2. The van der Waals surface area contributed by atoms with Crippen molar-refractivity contribution in [2.24, 2.45) is 5.92 Å². The molecule has 0 aliphatic carbocycles. The van der Waals surface area contributed by atoms with E-state index in [0.717, 1.165) is 38.2 Å². The zero-order chi connectivity index (χ0) is 15.3. The van der Waals surface area contributed by atoms with Crippen LogP contribution in [-0.2, 0) is 4.74 Å². The van der Waals surface area contributed by atoms with Crippen molar-refractivity contribution in [3.8, 4) is 0 Å². The van der Waals surface area contributed by atoms with Gasteiger partial charge in [0, 0.05) is 31.9 Å². The number of carbonyl (C=O) groups is 1. The van der Waals surface area contributed by atoms with Gasteiger partial charge >= 0.3 is 6.03 Å². The summed E-state index contributed by atoms with van der Waals surface area (Å²) in [7, 11) is 0. The van der Waals surface area contributed by atoms with E-state index in [1.54, 1.807) is 0 Å². The summed E-state index contributed by atoms with van der Waals surface area (Å²) in [6, 6.07) is 0.181. The lowest BCUT2D eigenvalue weighted by atomic mass is 9.75. The van der Waals surface area contributed by atoms with Crippen LogP contribution in [0, 0.1) is 5.92 Å². The number of carbonyl (C=O) groups excluding carboxylic acids is 1. The van der Waals surface area contributed by atoms with Gasteiger partial charge < -0.3 is 19.9 Å². The Morgan fingerprint density at radius 1 is 1.43 bits per heavy atom. The zero-order valence-corrected chi connectivity index (χ0v) is 13.4. The van der Waals surface area contributed by atoms with Crippen LogP contribution in [0.4, 0.5) is 4.79 Å². The third-order valence-corrected chi connectivity index (χ3v) is 5.63. The first kappa shape index (κ1) is 14.7. The Balaban J connectivity index is 1.68. The minimum Gasteiger partial charge on any atom is -0.377 e. The molecule has 3 aliphatic heterocycles. The number of amides is 2. The van der Waals surface area contributed by atoms with Crippen molar-refractivity contribution >= 4 is 6.03 Å². The van der Waals surface area contributed by atoms with E-state index in [0.29, 0.717) is 19.1 Å². The summed E-state index contributed by atoms with van der Waals surface area (Å²) in [5.74, 6) is 0.690. The Morgan fingerprint density at radius 2 is 2.14 bits per heavy atom. The number of piperidine rings is 1. The molecular formula is C16H27N3O2. The first-order chi connectivity index (χ1) is 9.87. The predicted octanol–water partition coefficient (Wildman–Crippen LogP) is 1.80. The number of morpholine rings is 1. The molecule has 118 valence electrons. The van der Waals surface area contributed by atoms with E-state index in [2.05, 4.69) is 32.7 Å². The van der Waals surface area contributed by atoms with E-state index in [-0.39, 0.29) is 17.2 Å². The van der Waals surface area contributed by atoms with Gasteiger partial charge in [0.25, 0.3) is 0 Å². The molecule has 3 heterocycles. The van der Waals surface area contributed by atoms with Crippen molar-refractivity contribution in [3.63, 3.8) is 0 Å². The number of rotatable bonds is 1. The van der Waals surface area contributed by atoms with Gasteiger partial charge in [-0.1, -0.05) is 13.5 Å². The van der Waals surface area contributed by atoms with E-state index in [4.69, 9.17) is 4.74 Å². The molecule has 3 fully saturated rings. The zero-order valence-electron chi connectivity index (χ0n) is 13.4. The second kappa shape index (κ2) is 4.90. The second-order valence-corrected chi connectivity index (χ2v) is 7.21. The minimum absolute atomic E-state index is 0.181. The quantitative estimate of drug-likeness (QED) is 0.802. The number of ether oxygens (including phenoxy) is 1. The summed E-state index contributed by atoms with van der Waals surface area (Å²) in [6.07, 6.45) is 2.02. The average molecular weight is 293 g/mol. The van der Waals surface area contributed by atoms with Crippen molar-refractivity contribution in [3.05, 3.63) is 12.3 Å². The lowest BCUT2D eigenvalue weighted by Gasteiger charge is -2.57. The molecule has 5 nitrogen and oxygen atoms in total. The van der Waals surface area contributed by atoms with Crippen molar-refractivity contribution in [2.75, 3.05) is 32.8 Å². The minimum atomic E-state index is -0.259. The molecule has 0 radical (unpaired) electrons. The van der Waals surface area contributed by atoms with Gasteiger partial charge in [-0.05, 0) is 32.6 Å². The van der Waals surface area contributed by atoms with Gasteiger partial charge in [-0.15, -0.1) is 0 Å². The average Bonchev–Trinajstić information content (AvgIpc) is 2.38. The Hall–Kier alpha value is -1.23. The van der Waals surface area contributed by atoms with E-state index in [1.165, 1.54) is 0 Å². The first-order valence-corrected chi connectivity index (χ1v) is 8.01. The predicted molar refractivity (Wildman–Crippen MR) is 82.0 cm³/mol. The molecule has 3 saturated heterocycles. The number of fused-ring (bicyclic) bond motifs is 1. The maximum Gasteiger partial charge on any atom is 0.320 e. The fourth-order valence-electron chi connectivity index (χ4n) is 3.68. The largest absolute Gasteiger partial charge is 0.377 e. The third-order valence-electron chi connectivity index (χ3n) is 5.63. The van der Waals surface area contributed by atoms with Crippen molar-refractivity contribution in [1.29, 1.82) is 0 Å². The molecule has 0 unspecified atom stereocenters. The summed E-state index contributed by atoms with van der Waals surface area (Å²) in [5, 5.41) is 3.48. The monoisotopic (exact) mass is 293 g/mol. The van der Waals surface area contributed by atoms with Crippen LogP contribution in [0.1, 0.15) is 33.6 Å². The second-order valence-electron chi connectivity index (χ2n) is 7.21. The lowest BCUT2D eigenvalue weighted by Crippen LogP contribution is -2.73. The topological polar surface area (TPSA) is 44.8 Å². The van der Waals surface area contributed by atoms with E-state index >= 15 is 0 Å². The normalized spacial score (nSPS) is 36.8. The molecule has 2 atom stereocenters. The van der Waals surface area contributed by atoms with Gasteiger partial charge in [0.15, 0.2) is 0 Å². The highest BCUT2D eigenvalue weighted by Gasteiger charge is 2.53. The SMILES string of the molecule is C=C1CO[C@@]2(C)CCN(C(=O)N3CC(CC)C3)C[C@@]2(C)N1. The maximum absolute atomic E-state index is 12.6. The number of nitrogens with one attached hydrogen (secondary N) is 1. The summed E-state index contributed by atoms with van der Waals surface area (Å²) >= 11 is 0. The number of urea groups is 1. The molecule has 0 spiro atoms. The van der Waals surface area contributed by atoms with E-state index in [1.807, 2.05) is 9.80 Å². The fraction of sp³-hybridized carbons (Fsp3) is 0.812. The summed E-state index contributed by atoms with van der Waals surface area (Å²) in [6.45, 7) is 14.3. The smallest absolute Gasteiger partial charge is 0.320 e. The van der Waals surface area contributed by atoms with Gasteiger partial charge in [0.1, 0.15) is 0 Å². The van der Waals surface area contributed by atoms with Crippen LogP contribution in [-0.4, -0.2) is 59.8 Å². The van der Waals surface area contributed by atoms with Crippen LogP contribution in [0.25, 0.3) is 0 Å². The lowest BCUT2D eigenvalue weighted by molar-refractivity contribution is -0.138. The molecule has 21 heavy (non-hydrogen) atoms. The molecule has 0 aromatic heterocycles. The molecule has 1 N–H and O–H groups in total. The number of likely N-dealkylation sites (tertiary alicyclic amines) is 2. The molecule has 0 bridgehead atoms. The molecule has 3 rings (SSSR count). The Labute approximate surface area is 127 Å². The van der Waals surface area contributed by atoms with Crippen LogP contribution >= 0.6 is 0 Å². The van der Waals surface area contributed by atoms with Gasteiger partial charge in [-0.25, -0.2) is 4.79 Å². The highest BCUT2D eigenvalue weighted by Crippen LogP contribution is 2.38. The van der Waals surface area contributed by atoms with Crippen LogP contribution in [0.15, 0.2) is 12.3 Å². The van der Waals surface area contributed by atoms with E-state index < -0.39 is 0 Å². The van der Waals surface area contributed by atoms with Crippen LogP contribution in [0.2, 0.25) is 0 Å². The van der Waals surface area contributed by atoms with Crippen molar-refractivity contribution in [1.82, 2.24) is 15.1 Å². The van der Waals surface area contributed by atoms with Crippen LogP contribution in [0.3, 0.4) is 0 Å². The highest BCUT2D eigenvalue weighted by atomic mass is 16.5. The molecule has 5 heteroatoms. The first-order valence-electron chi connectivity index (χ1n) is 8.01. The van der Waals surface area contributed by atoms with Gasteiger partial charge in [0.05, 0.1) is 17.7 Å². The summed E-state index contributed by atoms with van der Waals surface area (Å²) in [5.41, 5.74) is 0.413. The number of hydrogen-bond donors (Lipinski definition) is 1. The molecule has 0 aromatic rings. The van der Waals surface area contributed by atoms with Gasteiger partial charge in [-0.2, -0.15) is 0 Å². The Morgan fingerprint density at radius 3 is 2.81 bits per heavy atom. The van der Waals surface area contributed by atoms with Crippen LogP contribution < -0.4 is 5.32 Å². The van der Waals surface area contributed by atoms with Crippen molar-refractivity contribution < 1.29 is 9.53 Å². The number of hydrogen-bond acceptors (Lipinski definition) is 3. The molecule has 3 aliphatic rings. The Kier molecular flexibility index (Phi) is 3.43. The maximum atomic E-state index is 12.6. The highest BCUT2D eigenvalue weighted by molar-refractivity contribution is 5.75. The molecule has 0 aromatic carbocycles. The Bertz CT molecular complexity index is 460. The van der Waals surface area contributed by atoms with Crippen LogP contribution in [0.5, 0.6) is 0 Å². The van der Waals surface area contributed by atoms with E-state index in [9.17, 15) is 4.79 Å². The molecule has 0 saturated carbocycles. The molecular weight excluding hydrogens is 266 g/mol. The summed E-state index contributed by atoms with van der Waals surface area (Å²) in [4.78, 5) is 16.6. The fourth-order valence-corrected chi connectivity index (χ4v) is 3.68. The third kappa shape index (κ3) is 2.31. The van der Waals surface area contributed by atoms with Crippen molar-refractivity contribution in [2.45, 2.75) is 44.8 Å². The summed E-state index contributed by atoms with van der Waals surface area (Å²) < 4.78 is 6.03. The van der Waals surface area contributed by atoms with Gasteiger partial charge in [-0.3, -0.25) is 0 Å². The standard InChI is InChI=1S/C16H27N3O2/c1-5-13-8-19(9-13)14(20)18-7-6-16(4)15(3,11-18)17-12(2)10-21-16/h13,17H,2,5-11H2,1,3-4H3/t15-,16+/m1/s1. The van der Waals surface area contributed by atoms with Gasteiger partial charge in [0.2, 0.25) is 0 Å².